The van der Waals surface area contributed by atoms with E-state index in [1.54, 1.807) is 35.9 Å². The first-order valence-electron chi connectivity index (χ1n) is 6.32. The van der Waals surface area contributed by atoms with E-state index in [-0.39, 0.29) is 5.91 Å². The fourth-order valence-corrected chi connectivity index (χ4v) is 2.16. The monoisotopic (exact) mass is 269 g/mol. The van der Waals surface area contributed by atoms with Gasteiger partial charge in [0, 0.05) is 20.3 Å². The minimum Gasteiger partial charge on any atom is -0.340 e. The highest BCUT2D eigenvalue weighted by Gasteiger charge is 2.16. The van der Waals surface area contributed by atoms with E-state index in [1.165, 1.54) is 0 Å². The largest absolute Gasteiger partial charge is 0.340 e. The molecule has 102 valence electrons. The molecule has 2 heterocycles. The predicted octanol–water partition coefficient (Wildman–Crippen LogP) is 1.57. The molecule has 1 N–H and O–H groups in total. The number of aromatic amines is 1. The predicted molar refractivity (Wildman–Crippen MR) is 75.1 cm³/mol. The Morgan fingerprint density at radius 3 is 2.85 bits per heavy atom. The molecule has 2 aromatic heterocycles. The molecule has 6 nitrogen and oxygen atoms in total. The number of carbonyl (C=O) groups is 1. The Morgan fingerprint density at radius 1 is 1.35 bits per heavy atom. The summed E-state index contributed by atoms with van der Waals surface area (Å²) in [4.78, 5) is 21.6. The average molecular weight is 269 g/mol. The van der Waals surface area contributed by atoms with Crippen LogP contribution in [0.2, 0.25) is 0 Å². The molecule has 0 aliphatic heterocycles. The van der Waals surface area contributed by atoms with Gasteiger partial charge in [-0.25, -0.2) is 4.98 Å². The Kier molecular flexibility index (Phi) is 2.98. The van der Waals surface area contributed by atoms with Crippen LogP contribution >= 0.6 is 0 Å². The zero-order chi connectivity index (χ0) is 14.1. The number of nitrogens with one attached hydrogen (secondary N) is 1. The molecule has 0 spiro atoms. The van der Waals surface area contributed by atoms with Gasteiger partial charge in [-0.05, 0) is 18.2 Å². The highest BCUT2D eigenvalue weighted by Crippen LogP contribution is 2.12. The molecule has 3 aromatic rings. The second kappa shape index (κ2) is 4.80. The second-order valence-electron chi connectivity index (χ2n) is 4.70. The summed E-state index contributed by atoms with van der Waals surface area (Å²) in [6.07, 6.45) is 1.61. The number of imidazole rings is 1. The van der Waals surface area contributed by atoms with Crippen molar-refractivity contribution in [3.05, 3.63) is 48.0 Å². The van der Waals surface area contributed by atoms with E-state index in [4.69, 9.17) is 0 Å². The van der Waals surface area contributed by atoms with Gasteiger partial charge in [0.05, 0.1) is 17.6 Å². The maximum atomic E-state index is 12.3. The Labute approximate surface area is 116 Å². The number of hydrogen-bond donors (Lipinski definition) is 1. The van der Waals surface area contributed by atoms with E-state index >= 15 is 0 Å². The van der Waals surface area contributed by atoms with Crippen LogP contribution in [0, 0.1) is 0 Å². The van der Waals surface area contributed by atoms with Gasteiger partial charge in [-0.1, -0.05) is 12.1 Å². The van der Waals surface area contributed by atoms with E-state index < -0.39 is 0 Å². The summed E-state index contributed by atoms with van der Waals surface area (Å²) in [7, 11) is 3.50. The van der Waals surface area contributed by atoms with Crippen molar-refractivity contribution in [2.75, 3.05) is 7.05 Å². The van der Waals surface area contributed by atoms with Crippen molar-refractivity contribution in [3.8, 4) is 0 Å². The molecule has 0 saturated heterocycles. The molecule has 1 aromatic carbocycles. The summed E-state index contributed by atoms with van der Waals surface area (Å²) in [5, 5.41) is 4.01. The summed E-state index contributed by atoms with van der Waals surface area (Å²) >= 11 is 0. The number of fused-ring (bicyclic) bond motifs is 1. The average Bonchev–Trinajstić information content (AvgIpc) is 3.03. The lowest BCUT2D eigenvalue weighted by atomic mass is 10.3. The first-order chi connectivity index (χ1) is 9.65. The minimum absolute atomic E-state index is 0.0783. The Hall–Kier alpha value is -2.63. The molecule has 6 heteroatoms. The quantitative estimate of drug-likeness (QED) is 0.784. The number of nitrogens with zero attached hydrogens (tertiary/aromatic N) is 4. The summed E-state index contributed by atoms with van der Waals surface area (Å²) in [6, 6.07) is 9.51. The SMILES string of the molecule is CN(Cc1nc2ccccc2[nH]1)C(=O)c1ccnn1C. The van der Waals surface area contributed by atoms with Crippen molar-refractivity contribution in [1.82, 2.24) is 24.6 Å². The molecule has 0 saturated carbocycles. The van der Waals surface area contributed by atoms with E-state index in [9.17, 15) is 4.79 Å². The van der Waals surface area contributed by atoms with Gasteiger partial charge in [-0.15, -0.1) is 0 Å². The fraction of sp³-hybridized carbons (Fsp3) is 0.214. The first-order valence-corrected chi connectivity index (χ1v) is 6.32. The molecule has 0 aliphatic rings. The third-order valence-corrected chi connectivity index (χ3v) is 3.21. The third-order valence-electron chi connectivity index (χ3n) is 3.21. The zero-order valence-electron chi connectivity index (χ0n) is 11.4. The van der Waals surface area contributed by atoms with Gasteiger partial charge < -0.3 is 9.88 Å². The highest BCUT2D eigenvalue weighted by molar-refractivity contribution is 5.92. The second-order valence-corrected chi connectivity index (χ2v) is 4.70. The van der Waals surface area contributed by atoms with Crippen LogP contribution in [0.25, 0.3) is 11.0 Å². The summed E-state index contributed by atoms with van der Waals surface area (Å²) < 4.78 is 1.57. The van der Waals surface area contributed by atoms with Gasteiger partial charge in [0.25, 0.3) is 5.91 Å². The van der Waals surface area contributed by atoms with Crippen molar-refractivity contribution in [3.63, 3.8) is 0 Å². The van der Waals surface area contributed by atoms with Gasteiger partial charge in [0.15, 0.2) is 0 Å². The standard InChI is InChI=1S/C14H15N5O/c1-18(14(20)12-7-8-15-19(12)2)9-13-16-10-5-3-4-6-11(10)17-13/h3-8H,9H2,1-2H3,(H,16,17). The Balaban J connectivity index is 1.80. The molecule has 0 radical (unpaired) electrons. The van der Waals surface area contributed by atoms with Crippen LogP contribution in [0.15, 0.2) is 36.5 Å². The van der Waals surface area contributed by atoms with Crippen molar-refractivity contribution in [2.24, 2.45) is 7.05 Å². The lowest BCUT2D eigenvalue weighted by molar-refractivity contribution is 0.0771. The van der Waals surface area contributed by atoms with E-state index in [0.29, 0.717) is 12.2 Å². The van der Waals surface area contributed by atoms with Crippen LogP contribution < -0.4 is 0 Å². The number of aryl methyl sites for hydroxylation is 1. The van der Waals surface area contributed by atoms with Crippen LogP contribution in [-0.4, -0.2) is 37.6 Å². The van der Waals surface area contributed by atoms with Gasteiger partial charge >= 0.3 is 0 Å². The number of hydrogen-bond acceptors (Lipinski definition) is 3. The van der Waals surface area contributed by atoms with Crippen LogP contribution in [-0.2, 0) is 13.6 Å². The normalized spacial score (nSPS) is 10.9. The highest BCUT2D eigenvalue weighted by atomic mass is 16.2. The molecule has 0 fully saturated rings. The van der Waals surface area contributed by atoms with Crippen molar-refractivity contribution in [2.45, 2.75) is 6.54 Å². The maximum Gasteiger partial charge on any atom is 0.272 e. The molecule has 3 rings (SSSR count). The van der Waals surface area contributed by atoms with Crippen LogP contribution in [0.1, 0.15) is 16.3 Å². The van der Waals surface area contributed by atoms with Gasteiger partial charge in [-0.3, -0.25) is 9.48 Å². The number of carbonyl (C=O) groups excluding carboxylic acids is 1. The van der Waals surface area contributed by atoms with Crippen molar-refractivity contribution < 1.29 is 4.79 Å². The third kappa shape index (κ3) is 2.16. The zero-order valence-corrected chi connectivity index (χ0v) is 11.4. The van der Waals surface area contributed by atoms with Crippen LogP contribution in [0.4, 0.5) is 0 Å². The molecule has 0 unspecified atom stereocenters. The summed E-state index contributed by atoms with van der Waals surface area (Å²) in [5.41, 5.74) is 2.44. The van der Waals surface area contributed by atoms with Crippen LogP contribution in [0.5, 0.6) is 0 Å². The number of para-hydroxylation sites is 2. The van der Waals surface area contributed by atoms with Crippen molar-refractivity contribution in [1.29, 1.82) is 0 Å². The van der Waals surface area contributed by atoms with Gasteiger partial charge in [0.2, 0.25) is 0 Å². The first kappa shape index (κ1) is 12.4. The van der Waals surface area contributed by atoms with Gasteiger partial charge in [-0.2, -0.15) is 5.10 Å². The smallest absolute Gasteiger partial charge is 0.272 e. The van der Waals surface area contributed by atoms with Gasteiger partial charge in [0.1, 0.15) is 11.5 Å². The number of amides is 1. The molecule has 1 amide bonds. The fourth-order valence-electron chi connectivity index (χ4n) is 2.16. The summed E-state index contributed by atoms with van der Waals surface area (Å²) in [5.74, 6) is 0.690. The number of benzene rings is 1. The summed E-state index contributed by atoms with van der Waals surface area (Å²) in [6.45, 7) is 0.429. The number of H-pyrrole nitrogens is 1. The molecule has 0 aliphatic carbocycles. The Bertz CT molecular complexity index is 725. The molecule has 0 bridgehead atoms. The molecule has 20 heavy (non-hydrogen) atoms. The number of aromatic nitrogens is 4. The Morgan fingerprint density at radius 2 is 2.15 bits per heavy atom. The van der Waals surface area contributed by atoms with Crippen molar-refractivity contribution >= 4 is 16.9 Å². The lowest BCUT2D eigenvalue weighted by Gasteiger charge is -2.15. The minimum atomic E-state index is -0.0783. The molecule has 0 atom stereocenters. The number of rotatable bonds is 3. The molecular formula is C14H15N5O. The van der Waals surface area contributed by atoms with E-state index in [0.717, 1.165) is 16.9 Å². The van der Waals surface area contributed by atoms with E-state index in [2.05, 4.69) is 15.1 Å². The van der Waals surface area contributed by atoms with Crippen LogP contribution in [0.3, 0.4) is 0 Å². The maximum absolute atomic E-state index is 12.3. The molecular weight excluding hydrogens is 254 g/mol. The topological polar surface area (TPSA) is 66.8 Å². The lowest BCUT2D eigenvalue weighted by Crippen LogP contribution is -2.28. The van der Waals surface area contributed by atoms with E-state index in [1.807, 2.05) is 24.3 Å².